The van der Waals surface area contributed by atoms with Gasteiger partial charge in [0, 0.05) is 24.6 Å². The SMILES string of the molecule is Cc1ccc(C2C[C@@H](CCCN(Cc3cccc4ccccc34)C(=O)OC(C)(C)C)Oc3ccccc32)cc1C. The monoisotopic (exact) mass is 535 g/mol. The van der Waals surface area contributed by atoms with Crippen molar-refractivity contribution in [2.75, 3.05) is 6.54 Å². The average Bonchev–Trinajstić information content (AvgIpc) is 2.93. The zero-order valence-corrected chi connectivity index (χ0v) is 24.4. The minimum atomic E-state index is -0.552. The van der Waals surface area contributed by atoms with Gasteiger partial charge in [0.25, 0.3) is 0 Å². The predicted octanol–water partition coefficient (Wildman–Crippen LogP) is 8.96. The number of para-hydroxylation sites is 1. The number of benzene rings is 4. The fourth-order valence-electron chi connectivity index (χ4n) is 5.67. The van der Waals surface area contributed by atoms with E-state index in [-0.39, 0.29) is 12.2 Å². The highest BCUT2D eigenvalue weighted by atomic mass is 16.6. The van der Waals surface area contributed by atoms with E-state index in [0.717, 1.165) is 30.6 Å². The quantitative estimate of drug-likeness (QED) is 0.237. The van der Waals surface area contributed by atoms with Crippen LogP contribution in [0.1, 0.15) is 73.8 Å². The third-order valence-electron chi connectivity index (χ3n) is 7.87. The van der Waals surface area contributed by atoms with Gasteiger partial charge in [-0.1, -0.05) is 78.9 Å². The second kappa shape index (κ2) is 11.8. The molecule has 0 N–H and O–H groups in total. The van der Waals surface area contributed by atoms with Crippen molar-refractivity contribution in [3.63, 3.8) is 0 Å². The first-order valence-corrected chi connectivity index (χ1v) is 14.5. The molecular formula is C36H41NO3. The van der Waals surface area contributed by atoms with Crippen LogP contribution in [-0.2, 0) is 11.3 Å². The number of hydrogen-bond acceptors (Lipinski definition) is 3. The molecule has 1 heterocycles. The summed E-state index contributed by atoms with van der Waals surface area (Å²) in [6.45, 7) is 11.2. The van der Waals surface area contributed by atoms with Crippen molar-refractivity contribution >= 4 is 16.9 Å². The van der Waals surface area contributed by atoms with Crippen LogP contribution in [0.2, 0.25) is 0 Å². The molecule has 2 atom stereocenters. The third kappa shape index (κ3) is 6.50. The highest BCUT2D eigenvalue weighted by molar-refractivity contribution is 5.86. The fraction of sp³-hybridized carbons (Fsp3) is 0.361. The lowest BCUT2D eigenvalue weighted by Gasteiger charge is -2.33. The highest BCUT2D eigenvalue weighted by Gasteiger charge is 2.30. The number of hydrogen-bond donors (Lipinski definition) is 0. The van der Waals surface area contributed by atoms with Gasteiger partial charge >= 0.3 is 6.09 Å². The van der Waals surface area contributed by atoms with Gasteiger partial charge in [-0.3, -0.25) is 0 Å². The van der Waals surface area contributed by atoms with Crippen LogP contribution in [0.3, 0.4) is 0 Å². The smallest absolute Gasteiger partial charge is 0.410 e. The molecule has 0 spiro atoms. The number of carbonyl (C=O) groups excluding carboxylic acids is 1. The third-order valence-corrected chi connectivity index (χ3v) is 7.87. The Hall–Kier alpha value is -3.79. The average molecular weight is 536 g/mol. The van der Waals surface area contributed by atoms with Crippen LogP contribution < -0.4 is 4.74 Å². The molecule has 208 valence electrons. The minimum Gasteiger partial charge on any atom is -0.490 e. The molecule has 1 amide bonds. The van der Waals surface area contributed by atoms with E-state index in [4.69, 9.17) is 9.47 Å². The van der Waals surface area contributed by atoms with Crippen LogP contribution in [-0.4, -0.2) is 29.2 Å². The Bertz CT molecular complexity index is 1480. The molecule has 1 unspecified atom stereocenters. The molecule has 4 aromatic carbocycles. The number of carbonyl (C=O) groups is 1. The van der Waals surface area contributed by atoms with Gasteiger partial charge in [-0.05, 0) is 93.0 Å². The Kier molecular flexibility index (Phi) is 8.16. The summed E-state index contributed by atoms with van der Waals surface area (Å²) in [5.74, 6) is 1.27. The van der Waals surface area contributed by atoms with Crippen LogP contribution in [0.5, 0.6) is 5.75 Å². The number of ether oxygens (including phenoxy) is 2. The van der Waals surface area contributed by atoms with Gasteiger partial charge in [-0.2, -0.15) is 0 Å². The normalized spacial score (nSPS) is 16.7. The van der Waals surface area contributed by atoms with Crippen LogP contribution in [0.15, 0.2) is 84.9 Å². The van der Waals surface area contributed by atoms with E-state index < -0.39 is 5.60 Å². The van der Waals surface area contributed by atoms with Crippen molar-refractivity contribution in [1.82, 2.24) is 4.90 Å². The molecule has 4 heteroatoms. The van der Waals surface area contributed by atoms with E-state index in [9.17, 15) is 4.79 Å². The molecule has 0 aromatic heterocycles. The molecule has 40 heavy (non-hydrogen) atoms. The molecule has 0 radical (unpaired) electrons. The van der Waals surface area contributed by atoms with Gasteiger partial charge in [0.05, 0.1) is 6.10 Å². The number of aryl methyl sites for hydroxylation is 2. The maximum absolute atomic E-state index is 13.3. The van der Waals surface area contributed by atoms with Gasteiger partial charge in [0.1, 0.15) is 11.4 Å². The number of nitrogens with zero attached hydrogens (tertiary/aromatic N) is 1. The van der Waals surface area contributed by atoms with Crippen molar-refractivity contribution in [2.45, 2.75) is 78.0 Å². The molecule has 1 aliphatic heterocycles. The zero-order valence-electron chi connectivity index (χ0n) is 24.4. The maximum atomic E-state index is 13.3. The van der Waals surface area contributed by atoms with E-state index in [1.54, 1.807) is 0 Å². The summed E-state index contributed by atoms with van der Waals surface area (Å²) in [4.78, 5) is 15.2. The number of fused-ring (bicyclic) bond motifs is 2. The Morgan fingerprint density at radius 1 is 0.925 bits per heavy atom. The molecule has 0 saturated carbocycles. The van der Waals surface area contributed by atoms with Crippen LogP contribution >= 0.6 is 0 Å². The maximum Gasteiger partial charge on any atom is 0.410 e. The fourth-order valence-corrected chi connectivity index (χ4v) is 5.67. The van der Waals surface area contributed by atoms with E-state index in [1.165, 1.54) is 33.0 Å². The van der Waals surface area contributed by atoms with Crippen molar-refractivity contribution in [1.29, 1.82) is 0 Å². The standard InChI is InChI=1S/C36H41NO3/c1-25-19-20-28(22-26(25)2)33-23-30(39-34-18-9-8-17-32(33)34)15-11-21-37(35(38)40-36(3,4)5)24-29-14-10-13-27-12-6-7-16-31(27)29/h6-10,12-14,16-20,22,30,33H,11,15,21,23-24H2,1-5H3/t30-,33?/m1/s1. The molecule has 4 aromatic rings. The van der Waals surface area contributed by atoms with E-state index >= 15 is 0 Å². The van der Waals surface area contributed by atoms with Crippen molar-refractivity contribution < 1.29 is 14.3 Å². The topological polar surface area (TPSA) is 38.8 Å². The molecule has 0 fully saturated rings. The van der Waals surface area contributed by atoms with Crippen LogP contribution in [0.25, 0.3) is 10.8 Å². The summed E-state index contributed by atoms with van der Waals surface area (Å²) >= 11 is 0. The Morgan fingerprint density at radius 2 is 1.68 bits per heavy atom. The molecule has 4 nitrogen and oxygen atoms in total. The lowest BCUT2D eigenvalue weighted by Crippen LogP contribution is -2.37. The van der Waals surface area contributed by atoms with Gasteiger partial charge < -0.3 is 14.4 Å². The Labute approximate surface area is 238 Å². The van der Waals surface area contributed by atoms with E-state index in [0.29, 0.717) is 19.0 Å². The van der Waals surface area contributed by atoms with E-state index in [2.05, 4.69) is 80.6 Å². The van der Waals surface area contributed by atoms with Crippen LogP contribution in [0, 0.1) is 13.8 Å². The van der Waals surface area contributed by atoms with Gasteiger partial charge in [0.15, 0.2) is 0 Å². The van der Waals surface area contributed by atoms with Crippen molar-refractivity contribution in [3.8, 4) is 5.75 Å². The second-order valence-corrected chi connectivity index (χ2v) is 12.1. The molecule has 1 aliphatic rings. The van der Waals surface area contributed by atoms with E-state index in [1.807, 2.05) is 43.9 Å². The summed E-state index contributed by atoms with van der Waals surface area (Å²) in [6, 6.07) is 29.9. The lowest BCUT2D eigenvalue weighted by molar-refractivity contribution is 0.0223. The molecule has 0 saturated heterocycles. The first kappa shape index (κ1) is 27.8. The van der Waals surface area contributed by atoms with Crippen molar-refractivity contribution in [2.24, 2.45) is 0 Å². The largest absolute Gasteiger partial charge is 0.490 e. The summed E-state index contributed by atoms with van der Waals surface area (Å²) in [5.41, 5.74) is 5.81. The Morgan fingerprint density at radius 3 is 2.48 bits per heavy atom. The van der Waals surface area contributed by atoms with Crippen LogP contribution in [0.4, 0.5) is 4.79 Å². The first-order valence-electron chi connectivity index (χ1n) is 14.5. The van der Waals surface area contributed by atoms with Crippen molar-refractivity contribution in [3.05, 3.63) is 113 Å². The summed E-state index contributed by atoms with van der Waals surface area (Å²) in [7, 11) is 0. The lowest BCUT2D eigenvalue weighted by atomic mass is 9.82. The number of amides is 1. The van der Waals surface area contributed by atoms with Gasteiger partial charge in [-0.25, -0.2) is 4.79 Å². The number of rotatable bonds is 7. The Balaban J connectivity index is 1.32. The summed E-state index contributed by atoms with van der Waals surface area (Å²) in [5, 5.41) is 2.35. The molecule has 0 bridgehead atoms. The molecular weight excluding hydrogens is 494 g/mol. The minimum absolute atomic E-state index is 0.0829. The highest BCUT2D eigenvalue weighted by Crippen LogP contribution is 2.41. The zero-order chi connectivity index (χ0) is 28.3. The summed E-state index contributed by atoms with van der Waals surface area (Å²) in [6.07, 6.45) is 2.43. The molecule has 0 aliphatic carbocycles. The predicted molar refractivity (Wildman–Crippen MR) is 163 cm³/mol. The second-order valence-electron chi connectivity index (χ2n) is 12.1. The van der Waals surface area contributed by atoms with Gasteiger partial charge in [-0.15, -0.1) is 0 Å². The van der Waals surface area contributed by atoms with Gasteiger partial charge in [0.2, 0.25) is 0 Å². The summed E-state index contributed by atoms with van der Waals surface area (Å²) < 4.78 is 12.3. The first-order chi connectivity index (χ1) is 19.2. The molecule has 5 rings (SSSR count).